The van der Waals surface area contributed by atoms with Crippen molar-refractivity contribution in [3.8, 4) is 0 Å². The zero-order valence-corrected chi connectivity index (χ0v) is 18.9. The van der Waals surface area contributed by atoms with E-state index in [1.165, 1.54) is 4.90 Å². The predicted molar refractivity (Wildman–Crippen MR) is 129 cm³/mol. The maximum absolute atomic E-state index is 13.0. The molecule has 2 aromatic carbocycles. The zero-order chi connectivity index (χ0) is 23.9. The van der Waals surface area contributed by atoms with Gasteiger partial charge < -0.3 is 25.6 Å². The van der Waals surface area contributed by atoms with Gasteiger partial charge in [-0.2, -0.15) is 0 Å². The minimum atomic E-state index is -0.895. The van der Waals surface area contributed by atoms with Crippen LogP contribution in [0.25, 0.3) is 11.0 Å². The molecular weight excluding hydrogens is 434 g/mol. The van der Waals surface area contributed by atoms with Gasteiger partial charge >= 0.3 is 5.97 Å². The van der Waals surface area contributed by atoms with Gasteiger partial charge in [0, 0.05) is 25.2 Å². The number of H-pyrrole nitrogens is 1. The van der Waals surface area contributed by atoms with Gasteiger partial charge in [0.05, 0.1) is 24.0 Å². The molecule has 1 aromatic heterocycles. The second kappa shape index (κ2) is 10.8. The van der Waals surface area contributed by atoms with Crippen molar-refractivity contribution in [3.63, 3.8) is 0 Å². The van der Waals surface area contributed by atoms with Crippen molar-refractivity contribution in [2.45, 2.75) is 31.6 Å². The minimum absolute atomic E-state index is 0.0353. The molecule has 9 nitrogen and oxygen atoms in total. The number of carboxylic acid groups (broad SMARTS) is 1. The number of unbranched alkanes of at least 4 members (excludes halogenated alkanes) is 1. The van der Waals surface area contributed by atoms with Crippen LogP contribution in [-0.4, -0.2) is 63.9 Å². The van der Waals surface area contributed by atoms with Crippen LogP contribution in [0.4, 0.5) is 5.95 Å². The summed E-state index contributed by atoms with van der Waals surface area (Å²) in [7, 11) is 0. The number of nitrogens with zero attached hydrogens (tertiary/aromatic N) is 2. The summed E-state index contributed by atoms with van der Waals surface area (Å²) < 4.78 is 0. The van der Waals surface area contributed by atoms with Crippen molar-refractivity contribution in [3.05, 3.63) is 59.7 Å². The van der Waals surface area contributed by atoms with Gasteiger partial charge in [-0.15, -0.1) is 0 Å². The Kier molecular flexibility index (Phi) is 7.41. The molecule has 1 aliphatic heterocycles. The Bertz CT molecular complexity index is 1140. The molecule has 3 aromatic rings. The van der Waals surface area contributed by atoms with E-state index in [1.54, 1.807) is 12.1 Å². The van der Waals surface area contributed by atoms with Crippen LogP contribution in [0.3, 0.4) is 0 Å². The largest absolute Gasteiger partial charge is 0.481 e. The Balaban J connectivity index is 1.21. The molecule has 1 atom stereocenters. The molecule has 4 rings (SSSR count). The van der Waals surface area contributed by atoms with Crippen LogP contribution in [0.15, 0.2) is 48.5 Å². The molecule has 0 aliphatic carbocycles. The summed E-state index contributed by atoms with van der Waals surface area (Å²) in [6, 6.07) is 14.9. The second-order valence-corrected chi connectivity index (χ2v) is 8.48. The quantitative estimate of drug-likeness (QED) is 0.342. The van der Waals surface area contributed by atoms with Crippen LogP contribution < -0.4 is 10.6 Å². The number of nitrogens with one attached hydrogen (secondary N) is 3. The second-order valence-electron chi connectivity index (χ2n) is 8.48. The Morgan fingerprint density at radius 2 is 1.85 bits per heavy atom. The first-order chi connectivity index (χ1) is 16.5. The molecule has 0 bridgehead atoms. The summed E-state index contributed by atoms with van der Waals surface area (Å²) in [5, 5.41) is 15.4. The summed E-state index contributed by atoms with van der Waals surface area (Å²) in [4.78, 5) is 45.9. The molecular formula is C25H29N5O4. The van der Waals surface area contributed by atoms with Crippen LogP contribution in [-0.2, 0) is 9.59 Å². The third-order valence-corrected chi connectivity index (χ3v) is 6.03. The van der Waals surface area contributed by atoms with E-state index in [0.717, 1.165) is 41.9 Å². The summed E-state index contributed by atoms with van der Waals surface area (Å²) in [5.74, 6) is -0.856. The molecule has 1 aliphatic rings. The van der Waals surface area contributed by atoms with Crippen molar-refractivity contribution >= 4 is 34.8 Å². The number of fused-ring (bicyclic) bond motifs is 2. The van der Waals surface area contributed by atoms with Crippen molar-refractivity contribution in [1.29, 1.82) is 0 Å². The number of hydrogen-bond donors (Lipinski definition) is 4. The Morgan fingerprint density at radius 1 is 1.09 bits per heavy atom. The maximum atomic E-state index is 13.0. The molecule has 2 heterocycles. The van der Waals surface area contributed by atoms with E-state index in [0.29, 0.717) is 25.1 Å². The zero-order valence-electron chi connectivity index (χ0n) is 18.9. The molecule has 4 N–H and O–H groups in total. The topological polar surface area (TPSA) is 127 Å². The van der Waals surface area contributed by atoms with Crippen molar-refractivity contribution in [1.82, 2.24) is 20.2 Å². The number of carbonyl (C=O) groups excluding carboxylic acids is 2. The molecule has 0 spiro atoms. The number of anilines is 1. The first-order valence-corrected chi connectivity index (χ1v) is 11.6. The van der Waals surface area contributed by atoms with Gasteiger partial charge in [0.15, 0.2) is 0 Å². The van der Waals surface area contributed by atoms with Crippen LogP contribution in [0.2, 0.25) is 0 Å². The number of imidazole rings is 1. The number of carbonyl (C=O) groups is 3. The number of benzene rings is 2. The van der Waals surface area contributed by atoms with Crippen LogP contribution >= 0.6 is 0 Å². The lowest BCUT2D eigenvalue weighted by Gasteiger charge is -2.20. The molecule has 1 unspecified atom stereocenters. The van der Waals surface area contributed by atoms with Gasteiger partial charge in [0.25, 0.3) is 5.91 Å². The highest BCUT2D eigenvalue weighted by Gasteiger charge is 2.29. The van der Waals surface area contributed by atoms with Gasteiger partial charge in [-0.3, -0.25) is 14.4 Å². The van der Waals surface area contributed by atoms with E-state index < -0.39 is 5.97 Å². The average Bonchev–Trinajstić information content (AvgIpc) is 3.20. The monoisotopic (exact) mass is 463 g/mol. The number of hydrogen-bond acceptors (Lipinski definition) is 5. The number of para-hydroxylation sites is 2. The Hall–Kier alpha value is -3.88. The molecule has 34 heavy (non-hydrogen) atoms. The first kappa shape index (κ1) is 23.3. The summed E-state index contributed by atoms with van der Waals surface area (Å²) >= 11 is 0. The molecule has 9 heteroatoms. The van der Waals surface area contributed by atoms with Gasteiger partial charge in [-0.25, -0.2) is 4.98 Å². The van der Waals surface area contributed by atoms with E-state index in [1.807, 2.05) is 36.4 Å². The van der Waals surface area contributed by atoms with E-state index in [-0.39, 0.29) is 30.7 Å². The van der Waals surface area contributed by atoms with Gasteiger partial charge in [-0.1, -0.05) is 30.3 Å². The molecule has 0 saturated heterocycles. The molecule has 0 radical (unpaired) electrons. The molecule has 2 amide bonds. The number of aromatic amines is 1. The third kappa shape index (κ3) is 5.72. The fourth-order valence-corrected chi connectivity index (χ4v) is 4.31. The van der Waals surface area contributed by atoms with E-state index in [2.05, 4.69) is 20.6 Å². The number of aliphatic carboxylic acids is 1. The van der Waals surface area contributed by atoms with Crippen LogP contribution in [0.5, 0.6) is 0 Å². The number of aromatic nitrogens is 2. The van der Waals surface area contributed by atoms with Crippen molar-refractivity contribution in [2.75, 3.05) is 31.5 Å². The Morgan fingerprint density at radius 3 is 2.68 bits per heavy atom. The SMILES string of the molecule is O=C(O)CC1CCN(CC(=O)NCCCCNc2nc3ccccc3[nH]2)C(=O)c2ccccc21. The lowest BCUT2D eigenvalue weighted by Crippen LogP contribution is -2.41. The molecule has 0 saturated carbocycles. The van der Waals surface area contributed by atoms with Crippen molar-refractivity contribution in [2.24, 2.45) is 0 Å². The summed E-state index contributed by atoms with van der Waals surface area (Å²) in [5.41, 5.74) is 3.12. The molecule has 178 valence electrons. The lowest BCUT2D eigenvalue weighted by atomic mass is 9.90. The van der Waals surface area contributed by atoms with Gasteiger partial charge in [-0.05, 0) is 48.9 Å². The standard InChI is InChI=1S/C25H29N5O4/c31-22(26-12-5-6-13-27-25-28-20-9-3-4-10-21(20)29-25)16-30-14-11-17(15-23(32)33)18-7-1-2-8-19(18)24(30)34/h1-4,7-10,17H,5-6,11-16H2,(H,26,31)(H,32,33)(H2,27,28,29). The van der Waals surface area contributed by atoms with E-state index in [4.69, 9.17) is 0 Å². The normalized spacial score (nSPS) is 15.6. The average molecular weight is 464 g/mol. The predicted octanol–water partition coefficient (Wildman–Crippen LogP) is 2.98. The van der Waals surface area contributed by atoms with E-state index in [9.17, 15) is 19.5 Å². The van der Waals surface area contributed by atoms with Gasteiger partial charge in [0.2, 0.25) is 11.9 Å². The Labute approximate surface area is 197 Å². The minimum Gasteiger partial charge on any atom is -0.481 e. The van der Waals surface area contributed by atoms with Gasteiger partial charge in [0.1, 0.15) is 0 Å². The highest BCUT2D eigenvalue weighted by molar-refractivity contribution is 5.98. The fourth-order valence-electron chi connectivity index (χ4n) is 4.31. The number of carboxylic acids is 1. The summed E-state index contributed by atoms with van der Waals surface area (Å²) in [6.45, 7) is 1.55. The van der Waals surface area contributed by atoms with Crippen LogP contribution in [0.1, 0.15) is 47.5 Å². The number of amides is 2. The smallest absolute Gasteiger partial charge is 0.303 e. The van der Waals surface area contributed by atoms with Crippen LogP contribution in [0, 0.1) is 0 Å². The van der Waals surface area contributed by atoms with Crippen molar-refractivity contribution < 1.29 is 19.5 Å². The highest BCUT2D eigenvalue weighted by atomic mass is 16.4. The maximum Gasteiger partial charge on any atom is 0.303 e. The lowest BCUT2D eigenvalue weighted by molar-refractivity contribution is -0.137. The fraction of sp³-hybridized carbons (Fsp3) is 0.360. The highest BCUT2D eigenvalue weighted by Crippen LogP contribution is 2.31. The summed E-state index contributed by atoms with van der Waals surface area (Å²) in [6.07, 6.45) is 2.11. The van der Waals surface area contributed by atoms with E-state index >= 15 is 0 Å². The third-order valence-electron chi connectivity index (χ3n) is 6.03. The number of rotatable bonds is 10. The first-order valence-electron chi connectivity index (χ1n) is 11.6. The molecule has 0 fully saturated rings.